The van der Waals surface area contributed by atoms with Crippen molar-refractivity contribution in [1.29, 1.82) is 0 Å². The van der Waals surface area contributed by atoms with E-state index in [2.05, 4.69) is 0 Å². The van der Waals surface area contributed by atoms with Gasteiger partial charge in [0, 0.05) is 16.3 Å². The largest absolute Gasteiger partial charge is 0.490 e. The second kappa shape index (κ2) is 5.72. The summed E-state index contributed by atoms with van der Waals surface area (Å²) in [6.07, 6.45) is 0.844. The van der Waals surface area contributed by atoms with Crippen LogP contribution < -0.4 is 4.74 Å². The molecule has 0 aliphatic rings. The third-order valence-electron chi connectivity index (χ3n) is 3.45. The van der Waals surface area contributed by atoms with Crippen molar-refractivity contribution in [2.24, 2.45) is 0 Å². The Morgan fingerprint density at radius 3 is 2.48 bits per heavy atom. The zero-order valence-corrected chi connectivity index (χ0v) is 11.9. The molecule has 0 unspecified atom stereocenters. The summed E-state index contributed by atoms with van der Waals surface area (Å²) in [6.45, 7) is 0.0838. The minimum Gasteiger partial charge on any atom is -0.490 e. The predicted octanol–water partition coefficient (Wildman–Crippen LogP) is 3.83. The Morgan fingerprint density at radius 2 is 1.76 bits per heavy atom. The van der Waals surface area contributed by atoms with E-state index in [1.54, 1.807) is 6.07 Å². The van der Waals surface area contributed by atoms with Crippen LogP contribution in [0.1, 0.15) is 10.4 Å². The maximum absolute atomic E-state index is 11.5. The summed E-state index contributed by atoms with van der Waals surface area (Å²) in [5.41, 5.74) is 0.597. The van der Waals surface area contributed by atoms with Gasteiger partial charge in [-0.05, 0) is 16.8 Å². The molecule has 4 heteroatoms. The zero-order valence-electron chi connectivity index (χ0n) is 11.2. The molecule has 0 bridgehead atoms. The molecule has 0 fully saturated rings. The summed E-state index contributed by atoms with van der Waals surface area (Å²) in [5, 5.41) is 12.6. The molecule has 0 saturated heterocycles. The molecule has 3 rings (SSSR count). The van der Waals surface area contributed by atoms with Crippen LogP contribution >= 0.6 is 11.6 Å². The van der Waals surface area contributed by atoms with Crippen molar-refractivity contribution in [2.75, 3.05) is 13.2 Å². The number of rotatable bonds is 4. The number of hydrogen-bond donors (Lipinski definition) is 1. The highest BCUT2D eigenvalue weighted by molar-refractivity contribution is 6.37. The van der Waals surface area contributed by atoms with Gasteiger partial charge in [-0.15, -0.1) is 0 Å². The molecule has 0 aliphatic heterocycles. The van der Waals surface area contributed by atoms with E-state index in [1.807, 2.05) is 36.4 Å². The average Bonchev–Trinajstić information content (AvgIpc) is 2.52. The number of benzene rings is 3. The molecule has 0 amide bonds. The van der Waals surface area contributed by atoms with Crippen molar-refractivity contribution in [2.45, 2.75) is 0 Å². The number of fused-ring (bicyclic) bond motifs is 2. The van der Waals surface area contributed by atoms with Crippen molar-refractivity contribution < 1.29 is 14.6 Å². The number of halogens is 1. The zero-order chi connectivity index (χ0) is 14.8. The fourth-order valence-corrected chi connectivity index (χ4v) is 2.86. The molecule has 106 valence electrons. The summed E-state index contributed by atoms with van der Waals surface area (Å²) in [7, 11) is 0. The number of aldehydes is 1. The van der Waals surface area contributed by atoms with E-state index >= 15 is 0 Å². The lowest BCUT2D eigenvalue weighted by atomic mass is 9.96. The van der Waals surface area contributed by atoms with Crippen LogP contribution in [0.5, 0.6) is 5.75 Å². The van der Waals surface area contributed by atoms with E-state index in [4.69, 9.17) is 21.4 Å². The van der Waals surface area contributed by atoms with Gasteiger partial charge in [-0.2, -0.15) is 0 Å². The predicted molar refractivity (Wildman–Crippen MR) is 84.4 cm³/mol. The first-order chi connectivity index (χ1) is 10.3. The molecule has 21 heavy (non-hydrogen) atoms. The highest BCUT2D eigenvalue weighted by Crippen LogP contribution is 2.41. The van der Waals surface area contributed by atoms with E-state index in [0.29, 0.717) is 21.7 Å². The van der Waals surface area contributed by atoms with Gasteiger partial charge in [0.15, 0.2) is 6.29 Å². The van der Waals surface area contributed by atoms with Crippen molar-refractivity contribution in [1.82, 2.24) is 0 Å². The standard InChI is InChI=1S/C17H13ClO3/c18-15-7-3-6-12-14(10-20)11-4-1-2-5-13(11)17(16(12)15)21-9-8-19/h1-7,10,19H,8-9H2. The number of aliphatic hydroxyl groups is 1. The molecule has 0 aromatic heterocycles. The third-order valence-corrected chi connectivity index (χ3v) is 3.76. The van der Waals surface area contributed by atoms with Crippen LogP contribution in [0.4, 0.5) is 0 Å². The first kappa shape index (κ1) is 13.9. The highest BCUT2D eigenvalue weighted by Gasteiger charge is 2.16. The molecule has 0 spiro atoms. The highest BCUT2D eigenvalue weighted by atomic mass is 35.5. The minimum atomic E-state index is -0.0876. The lowest BCUT2D eigenvalue weighted by Gasteiger charge is -2.15. The van der Waals surface area contributed by atoms with Crippen LogP contribution in [0.25, 0.3) is 21.5 Å². The Balaban J connectivity index is 2.51. The van der Waals surface area contributed by atoms with E-state index in [0.717, 1.165) is 22.4 Å². The van der Waals surface area contributed by atoms with Crippen LogP contribution in [-0.4, -0.2) is 24.6 Å². The van der Waals surface area contributed by atoms with Gasteiger partial charge in [-0.25, -0.2) is 0 Å². The number of carbonyl (C=O) groups excluding carboxylic acids is 1. The Hall–Kier alpha value is -2.10. The molecule has 3 aromatic carbocycles. The molecule has 0 heterocycles. The van der Waals surface area contributed by atoms with Crippen molar-refractivity contribution in [3.8, 4) is 5.75 Å². The molecule has 0 radical (unpaired) electrons. The van der Waals surface area contributed by atoms with Crippen LogP contribution in [0.2, 0.25) is 5.02 Å². The van der Waals surface area contributed by atoms with Gasteiger partial charge >= 0.3 is 0 Å². The second-order valence-corrected chi connectivity index (χ2v) is 5.05. The monoisotopic (exact) mass is 300 g/mol. The Bertz CT molecular complexity index is 827. The van der Waals surface area contributed by atoms with Gasteiger partial charge in [0.1, 0.15) is 12.4 Å². The van der Waals surface area contributed by atoms with Crippen LogP contribution in [0.3, 0.4) is 0 Å². The smallest absolute Gasteiger partial charge is 0.151 e. The fraction of sp³-hybridized carbons (Fsp3) is 0.118. The topological polar surface area (TPSA) is 46.5 Å². The van der Waals surface area contributed by atoms with Crippen molar-refractivity contribution in [3.63, 3.8) is 0 Å². The first-order valence-electron chi connectivity index (χ1n) is 6.59. The lowest BCUT2D eigenvalue weighted by Crippen LogP contribution is -2.03. The normalized spacial score (nSPS) is 11.0. The summed E-state index contributed by atoms with van der Waals surface area (Å²) >= 11 is 6.31. The van der Waals surface area contributed by atoms with Gasteiger partial charge in [-0.3, -0.25) is 4.79 Å². The molecule has 1 N–H and O–H groups in total. The van der Waals surface area contributed by atoms with Gasteiger partial charge in [0.05, 0.1) is 11.6 Å². The molecular formula is C17H13ClO3. The van der Waals surface area contributed by atoms with Gasteiger partial charge < -0.3 is 9.84 Å². The quantitative estimate of drug-likeness (QED) is 0.588. The summed E-state index contributed by atoms with van der Waals surface area (Å²) < 4.78 is 5.71. The van der Waals surface area contributed by atoms with Crippen molar-refractivity contribution >= 4 is 39.4 Å². The maximum Gasteiger partial charge on any atom is 0.151 e. The Morgan fingerprint density at radius 1 is 1.05 bits per heavy atom. The fourth-order valence-electron chi connectivity index (χ4n) is 2.60. The Labute approximate surface area is 126 Å². The number of carbonyl (C=O) groups is 1. The molecule has 0 saturated carbocycles. The first-order valence-corrected chi connectivity index (χ1v) is 6.97. The summed E-state index contributed by atoms with van der Waals surface area (Å²) in [5.74, 6) is 0.603. The third kappa shape index (κ3) is 2.24. The molecule has 0 aliphatic carbocycles. The molecule has 3 aromatic rings. The van der Waals surface area contributed by atoms with E-state index in [1.165, 1.54) is 0 Å². The number of ether oxygens (including phenoxy) is 1. The molecule has 3 nitrogen and oxygen atoms in total. The summed E-state index contributed by atoms with van der Waals surface area (Å²) in [4.78, 5) is 11.5. The van der Waals surface area contributed by atoms with E-state index in [9.17, 15) is 4.79 Å². The minimum absolute atomic E-state index is 0.0876. The molecular weight excluding hydrogens is 288 g/mol. The molecule has 0 atom stereocenters. The maximum atomic E-state index is 11.5. The average molecular weight is 301 g/mol. The van der Waals surface area contributed by atoms with Gasteiger partial charge in [0.2, 0.25) is 0 Å². The van der Waals surface area contributed by atoms with Gasteiger partial charge in [-0.1, -0.05) is 48.0 Å². The van der Waals surface area contributed by atoms with Crippen LogP contribution in [0, 0.1) is 0 Å². The van der Waals surface area contributed by atoms with E-state index < -0.39 is 0 Å². The summed E-state index contributed by atoms with van der Waals surface area (Å²) in [6, 6.07) is 12.9. The number of aliphatic hydroxyl groups excluding tert-OH is 1. The second-order valence-electron chi connectivity index (χ2n) is 4.64. The van der Waals surface area contributed by atoms with Gasteiger partial charge in [0.25, 0.3) is 0 Å². The Kier molecular flexibility index (Phi) is 3.78. The van der Waals surface area contributed by atoms with E-state index in [-0.39, 0.29) is 13.2 Å². The number of hydrogen-bond acceptors (Lipinski definition) is 3. The van der Waals surface area contributed by atoms with Crippen LogP contribution in [-0.2, 0) is 0 Å². The lowest BCUT2D eigenvalue weighted by molar-refractivity contribution is 0.112. The van der Waals surface area contributed by atoms with Crippen LogP contribution in [0.15, 0.2) is 42.5 Å². The van der Waals surface area contributed by atoms with Crippen molar-refractivity contribution in [3.05, 3.63) is 53.1 Å². The SMILES string of the molecule is O=Cc1c2ccccc2c(OCCO)c2c(Cl)cccc12.